The standard InChI is InChI=1S/C17H12N4O6S/c1-27-14-4-2-12(20(23)24)7-11(14)9-18-19-17(22)16-8-10-6-13(21(25)26)3-5-15(10)28-16/h2-9H,1H3,(H,19,22)/b18-9-. The number of hydrogen-bond donors (Lipinski definition) is 1. The van der Waals surface area contributed by atoms with Crippen LogP contribution in [-0.4, -0.2) is 29.1 Å². The molecule has 2 aromatic carbocycles. The molecule has 0 saturated carbocycles. The van der Waals surface area contributed by atoms with E-state index in [0.29, 0.717) is 21.6 Å². The van der Waals surface area contributed by atoms with E-state index in [1.807, 2.05) is 0 Å². The van der Waals surface area contributed by atoms with Crippen LogP contribution in [0.2, 0.25) is 0 Å². The molecule has 11 heteroatoms. The highest BCUT2D eigenvalue weighted by molar-refractivity contribution is 7.20. The first kappa shape index (κ1) is 18.9. The molecule has 28 heavy (non-hydrogen) atoms. The minimum Gasteiger partial charge on any atom is -0.496 e. The number of benzene rings is 2. The van der Waals surface area contributed by atoms with E-state index in [-0.39, 0.29) is 11.4 Å². The van der Waals surface area contributed by atoms with Crippen LogP contribution in [0.4, 0.5) is 11.4 Å². The number of methoxy groups -OCH3 is 1. The maximum atomic E-state index is 12.3. The lowest BCUT2D eigenvalue weighted by Crippen LogP contribution is -2.16. The Hall–Kier alpha value is -3.86. The van der Waals surface area contributed by atoms with Crippen LogP contribution in [0.25, 0.3) is 10.1 Å². The molecule has 1 N–H and O–H groups in total. The normalized spacial score (nSPS) is 10.9. The van der Waals surface area contributed by atoms with Gasteiger partial charge in [-0.15, -0.1) is 11.3 Å². The van der Waals surface area contributed by atoms with E-state index >= 15 is 0 Å². The fraction of sp³-hybridized carbons (Fsp3) is 0.0588. The fourth-order valence-corrected chi connectivity index (χ4v) is 3.34. The Labute approximate surface area is 161 Å². The zero-order valence-electron chi connectivity index (χ0n) is 14.3. The molecule has 1 aromatic heterocycles. The van der Waals surface area contributed by atoms with Gasteiger partial charge in [0.05, 0.1) is 28.0 Å². The summed E-state index contributed by atoms with van der Waals surface area (Å²) in [5.41, 5.74) is 2.45. The Morgan fingerprint density at radius 1 is 1.11 bits per heavy atom. The number of carbonyl (C=O) groups is 1. The van der Waals surface area contributed by atoms with Gasteiger partial charge in [0.2, 0.25) is 0 Å². The van der Waals surface area contributed by atoms with Gasteiger partial charge >= 0.3 is 0 Å². The van der Waals surface area contributed by atoms with Crippen molar-refractivity contribution in [2.75, 3.05) is 7.11 Å². The molecule has 0 saturated heterocycles. The molecule has 0 aliphatic heterocycles. The Kier molecular flexibility index (Phi) is 5.27. The summed E-state index contributed by atoms with van der Waals surface area (Å²) in [6.07, 6.45) is 1.24. The van der Waals surface area contributed by atoms with Crippen LogP contribution in [-0.2, 0) is 0 Å². The zero-order valence-corrected chi connectivity index (χ0v) is 15.1. The van der Waals surface area contributed by atoms with Gasteiger partial charge in [-0.2, -0.15) is 5.10 Å². The summed E-state index contributed by atoms with van der Waals surface area (Å²) in [7, 11) is 1.41. The molecule has 0 atom stereocenters. The molecular weight excluding hydrogens is 388 g/mol. The first-order valence-electron chi connectivity index (χ1n) is 7.73. The van der Waals surface area contributed by atoms with E-state index in [0.717, 1.165) is 16.0 Å². The topological polar surface area (TPSA) is 137 Å². The molecule has 142 valence electrons. The zero-order chi connectivity index (χ0) is 20.3. The molecule has 0 aliphatic rings. The van der Waals surface area contributed by atoms with Gasteiger partial charge < -0.3 is 4.74 Å². The molecule has 10 nitrogen and oxygen atoms in total. The number of nitro groups is 2. The lowest BCUT2D eigenvalue weighted by atomic mass is 10.2. The Morgan fingerprint density at radius 3 is 2.46 bits per heavy atom. The number of nitrogens with one attached hydrogen (secondary N) is 1. The molecule has 3 rings (SSSR count). The van der Waals surface area contributed by atoms with Crippen LogP contribution in [0, 0.1) is 20.2 Å². The van der Waals surface area contributed by atoms with E-state index in [4.69, 9.17) is 4.74 Å². The van der Waals surface area contributed by atoms with E-state index in [1.165, 1.54) is 49.7 Å². The smallest absolute Gasteiger partial charge is 0.281 e. The van der Waals surface area contributed by atoms with Gasteiger partial charge in [0.1, 0.15) is 5.75 Å². The minimum absolute atomic E-state index is 0.0620. The van der Waals surface area contributed by atoms with E-state index in [9.17, 15) is 25.0 Å². The highest BCUT2D eigenvalue weighted by Gasteiger charge is 2.13. The molecule has 3 aromatic rings. The monoisotopic (exact) mass is 400 g/mol. The lowest BCUT2D eigenvalue weighted by Gasteiger charge is -2.03. The van der Waals surface area contributed by atoms with Crippen LogP contribution in [0.3, 0.4) is 0 Å². The molecule has 0 aliphatic carbocycles. The Morgan fingerprint density at radius 2 is 1.79 bits per heavy atom. The number of nitro benzene ring substituents is 2. The quantitative estimate of drug-likeness (QED) is 0.382. The molecule has 0 spiro atoms. The third-order valence-electron chi connectivity index (χ3n) is 3.73. The number of ether oxygens (including phenoxy) is 1. The maximum Gasteiger partial charge on any atom is 0.281 e. The van der Waals surface area contributed by atoms with E-state index in [2.05, 4.69) is 10.5 Å². The molecule has 0 unspecified atom stereocenters. The maximum absolute atomic E-state index is 12.3. The van der Waals surface area contributed by atoms with Crippen molar-refractivity contribution in [2.45, 2.75) is 0 Å². The molecule has 1 amide bonds. The largest absolute Gasteiger partial charge is 0.496 e. The number of thiophene rings is 1. The van der Waals surface area contributed by atoms with Gasteiger partial charge in [-0.3, -0.25) is 25.0 Å². The molecular formula is C17H12N4O6S. The van der Waals surface area contributed by atoms with Crippen molar-refractivity contribution >= 4 is 44.9 Å². The van der Waals surface area contributed by atoms with E-state index < -0.39 is 15.8 Å². The Bertz CT molecular complexity index is 1120. The average molecular weight is 400 g/mol. The number of nitrogens with zero attached hydrogens (tertiary/aromatic N) is 3. The van der Waals surface area contributed by atoms with Crippen molar-refractivity contribution in [3.63, 3.8) is 0 Å². The highest BCUT2D eigenvalue weighted by atomic mass is 32.1. The predicted octanol–water partition coefficient (Wildman–Crippen LogP) is 3.49. The first-order valence-corrected chi connectivity index (χ1v) is 8.54. The number of carbonyl (C=O) groups excluding carboxylic acids is 1. The average Bonchev–Trinajstić information content (AvgIpc) is 3.11. The third kappa shape index (κ3) is 3.94. The van der Waals surface area contributed by atoms with Gasteiger partial charge in [-0.05, 0) is 18.2 Å². The van der Waals surface area contributed by atoms with Gasteiger partial charge in [-0.1, -0.05) is 0 Å². The second kappa shape index (κ2) is 7.80. The molecule has 1 heterocycles. The lowest BCUT2D eigenvalue weighted by molar-refractivity contribution is -0.385. The van der Waals surface area contributed by atoms with Crippen molar-refractivity contribution in [3.05, 3.63) is 73.1 Å². The van der Waals surface area contributed by atoms with Crippen LogP contribution < -0.4 is 10.2 Å². The van der Waals surface area contributed by atoms with Crippen molar-refractivity contribution in [2.24, 2.45) is 5.10 Å². The van der Waals surface area contributed by atoms with Crippen LogP contribution in [0.1, 0.15) is 15.2 Å². The van der Waals surface area contributed by atoms with Gasteiger partial charge in [0.25, 0.3) is 17.3 Å². The summed E-state index contributed by atoms with van der Waals surface area (Å²) in [6.45, 7) is 0. The van der Waals surface area contributed by atoms with Gasteiger partial charge in [-0.25, -0.2) is 5.43 Å². The van der Waals surface area contributed by atoms with Crippen molar-refractivity contribution < 1.29 is 19.4 Å². The number of amides is 1. The fourth-order valence-electron chi connectivity index (χ4n) is 2.41. The summed E-state index contributed by atoms with van der Waals surface area (Å²) in [5, 5.41) is 26.1. The Balaban J connectivity index is 1.78. The minimum atomic E-state index is -0.550. The van der Waals surface area contributed by atoms with Crippen LogP contribution >= 0.6 is 11.3 Å². The third-order valence-corrected chi connectivity index (χ3v) is 4.84. The summed E-state index contributed by atoms with van der Waals surface area (Å²) < 4.78 is 5.84. The highest BCUT2D eigenvalue weighted by Crippen LogP contribution is 2.29. The van der Waals surface area contributed by atoms with Crippen molar-refractivity contribution in [3.8, 4) is 5.75 Å². The summed E-state index contributed by atoms with van der Waals surface area (Å²) >= 11 is 1.16. The number of fused-ring (bicyclic) bond motifs is 1. The van der Waals surface area contributed by atoms with Crippen LogP contribution in [0.15, 0.2) is 47.6 Å². The number of hydrazone groups is 1. The second-order valence-electron chi connectivity index (χ2n) is 5.47. The van der Waals surface area contributed by atoms with Gasteiger partial charge in [0.15, 0.2) is 0 Å². The summed E-state index contributed by atoms with van der Waals surface area (Å²) in [5.74, 6) is -0.151. The van der Waals surface area contributed by atoms with E-state index in [1.54, 1.807) is 6.07 Å². The number of rotatable bonds is 6. The van der Waals surface area contributed by atoms with Crippen LogP contribution in [0.5, 0.6) is 5.75 Å². The number of hydrogen-bond acceptors (Lipinski definition) is 8. The molecule has 0 fully saturated rings. The first-order chi connectivity index (χ1) is 13.4. The molecule has 0 radical (unpaired) electrons. The predicted molar refractivity (Wildman–Crippen MR) is 103 cm³/mol. The van der Waals surface area contributed by atoms with Crippen molar-refractivity contribution in [1.29, 1.82) is 0 Å². The SMILES string of the molecule is COc1ccc([N+](=O)[O-])cc1/C=N\NC(=O)c1cc2cc([N+](=O)[O-])ccc2s1. The number of non-ortho nitro benzene ring substituents is 2. The molecule has 0 bridgehead atoms. The summed E-state index contributed by atoms with van der Waals surface area (Å²) in [4.78, 5) is 33.2. The summed E-state index contributed by atoms with van der Waals surface area (Å²) in [6, 6.07) is 9.86. The van der Waals surface area contributed by atoms with Gasteiger partial charge in [0, 0.05) is 39.9 Å². The second-order valence-corrected chi connectivity index (χ2v) is 6.56. The van der Waals surface area contributed by atoms with Crippen molar-refractivity contribution in [1.82, 2.24) is 5.43 Å².